The fourth-order valence-corrected chi connectivity index (χ4v) is 5.94. The van der Waals surface area contributed by atoms with Gasteiger partial charge in [-0.15, -0.1) is 16.8 Å². The largest absolute Gasteiger partial charge is 0.496 e. The molecule has 0 aliphatic carbocycles. The molecule has 29 heavy (non-hydrogen) atoms. The van der Waals surface area contributed by atoms with E-state index in [4.69, 9.17) is 4.74 Å². The van der Waals surface area contributed by atoms with E-state index in [1.807, 2.05) is 0 Å². The molecule has 0 saturated carbocycles. The number of methoxy groups -OCH3 is 1. The van der Waals surface area contributed by atoms with E-state index < -0.39 is 15.9 Å². The summed E-state index contributed by atoms with van der Waals surface area (Å²) in [6.45, 7) is 4.63. The van der Waals surface area contributed by atoms with Gasteiger partial charge in [-0.1, -0.05) is 35.6 Å². The lowest BCUT2D eigenvalue weighted by Gasteiger charge is -2.26. The lowest BCUT2D eigenvalue weighted by molar-refractivity contribution is 0.102. The van der Waals surface area contributed by atoms with E-state index in [9.17, 15) is 13.2 Å². The first-order valence-corrected chi connectivity index (χ1v) is 12.3. The summed E-state index contributed by atoms with van der Waals surface area (Å²) >= 11 is 2.69. The second-order valence-electron chi connectivity index (χ2n) is 6.25. The summed E-state index contributed by atoms with van der Waals surface area (Å²) in [5.41, 5.74) is 0.126. The Bertz CT molecular complexity index is 985. The molecule has 0 atom stereocenters. The number of amides is 1. The standard InChI is InChI=1S/C18H22N4O4S3/c1-3-11-27-18-21-20-17(28-18)19-16(23)14-12-13(7-8-15(14)26-2)29(24,25)22-9-5-4-6-10-22/h3,7-8,12H,1,4-6,9-11H2,2H3,(H,19,20,23). The van der Waals surface area contributed by atoms with E-state index in [-0.39, 0.29) is 16.2 Å². The second kappa shape index (κ2) is 9.70. The van der Waals surface area contributed by atoms with Crippen LogP contribution >= 0.6 is 23.1 Å². The normalized spacial score (nSPS) is 15.1. The third-order valence-electron chi connectivity index (χ3n) is 4.32. The summed E-state index contributed by atoms with van der Waals surface area (Å²) in [7, 11) is -2.23. The van der Waals surface area contributed by atoms with Crippen LogP contribution in [0.2, 0.25) is 0 Å². The molecule has 0 radical (unpaired) electrons. The van der Waals surface area contributed by atoms with Crippen LogP contribution in [-0.2, 0) is 10.0 Å². The van der Waals surface area contributed by atoms with Crippen molar-refractivity contribution in [3.05, 3.63) is 36.4 Å². The van der Waals surface area contributed by atoms with Crippen molar-refractivity contribution in [2.45, 2.75) is 28.5 Å². The summed E-state index contributed by atoms with van der Waals surface area (Å²) in [5.74, 6) is 0.465. The van der Waals surface area contributed by atoms with Crippen molar-refractivity contribution in [1.82, 2.24) is 14.5 Å². The van der Waals surface area contributed by atoms with Crippen LogP contribution in [0.15, 0.2) is 40.1 Å². The maximum absolute atomic E-state index is 12.9. The molecule has 11 heteroatoms. The van der Waals surface area contributed by atoms with Crippen molar-refractivity contribution in [2.24, 2.45) is 0 Å². The van der Waals surface area contributed by atoms with E-state index >= 15 is 0 Å². The first-order chi connectivity index (χ1) is 14.0. The minimum absolute atomic E-state index is 0.0739. The number of sulfonamides is 1. The van der Waals surface area contributed by atoms with Gasteiger partial charge in [0.15, 0.2) is 4.34 Å². The molecule has 8 nitrogen and oxygen atoms in total. The van der Waals surface area contributed by atoms with Gasteiger partial charge < -0.3 is 4.74 Å². The number of thioether (sulfide) groups is 1. The van der Waals surface area contributed by atoms with Gasteiger partial charge in [-0.05, 0) is 31.0 Å². The Morgan fingerprint density at radius 1 is 1.34 bits per heavy atom. The number of hydrogen-bond acceptors (Lipinski definition) is 8. The molecular formula is C18H22N4O4S3. The molecule has 1 aliphatic rings. The number of rotatable bonds is 8. The monoisotopic (exact) mass is 454 g/mol. The van der Waals surface area contributed by atoms with E-state index in [1.54, 1.807) is 6.08 Å². The molecular weight excluding hydrogens is 432 g/mol. The zero-order valence-corrected chi connectivity index (χ0v) is 18.4. The Balaban J connectivity index is 1.83. The molecule has 1 amide bonds. The van der Waals surface area contributed by atoms with Crippen LogP contribution in [0.5, 0.6) is 5.75 Å². The number of hydrogen-bond donors (Lipinski definition) is 1. The summed E-state index contributed by atoms with van der Waals surface area (Å²) in [4.78, 5) is 12.9. The Morgan fingerprint density at radius 2 is 2.10 bits per heavy atom. The fraction of sp³-hybridized carbons (Fsp3) is 0.389. The van der Waals surface area contributed by atoms with Gasteiger partial charge in [-0.25, -0.2) is 8.42 Å². The van der Waals surface area contributed by atoms with Crippen LogP contribution in [0.4, 0.5) is 5.13 Å². The van der Waals surface area contributed by atoms with Crippen molar-refractivity contribution >= 4 is 44.2 Å². The SMILES string of the molecule is C=CCSc1nnc(NC(=O)c2cc(S(=O)(=O)N3CCCCC3)ccc2OC)s1. The number of anilines is 1. The molecule has 0 bridgehead atoms. The van der Waals surface area contributed by atoms with E-state index in [2.05, 4.69) is 22.1 Å². The van der Waals surface area contributed by atoms with Crippen molar-refractivity contribution in [3.8, 4) is 5.75 Å². The Hall–Kier alpha value is -1.95. The van der Waals surface area contributed by atoms with Crippen LogP contribution in [0.3, 0.4) is 0 Å². The zero-order chi connectivity index (χ0) is 20.9. The van der Waals surface area contributed by atoms with Crippen molar-refractivity contribution < 1.29 is 17.9 Å². The lowest BCUT2D eigenvalue weighted by Crippen LogP contribution is -2.35. The lowest BCUT2D eigenvalue weighted by atomic mass is 10.2. The first kappa shape index (κ1) is 21.8. The van der Waals surface area contributed by atoms with Gasteiger partial charge in [0.1, 0.15) is 5.75 Å². The molecule has 0 unspecified atom stereocenters. The molecule has 3 rings (SSSR count). The number of piperidine rings is 1. The molecule has 1 N–H and O–H groups in total. The minimum atomic E-state index is -3.66. The van der Waals surface area contributed by atoms with Crippen LogP contribution in [0.1, 0.15) is 29.6 Å². The fourth-order valence-electron chi connectivity index (χ4n) is 2.89. The molecule has 2 heterocycles. The maximum atomic E-state index is 12.9. The molecule has 1 aromatic carbocycles. The number of nitrogens with zero attached hydrogens (tertiary/aromatic N) is 3. The maximum Gasteiger partial charge on any atom is 0.261 e. The number of benzene rings is 1. The summed E-state index contributed by atoms with van der Waals surface area (Å²) in [6.07, 6.45) is 4.46. The van der Waals surface area contributed by atoms with Gasteiger partial charge in [0.2, 0.25) is 15.2 Å². The predicted octanol–water partition coefficient (Wildman–Crippen LogP) is 3.25. The van der Waals surface area contributed by atoms with E-state index in [0.717, 1.165) is 19.3 Å². The molecule has 1 aromatic heterocycles. The number of ether oxygens (including phenoxy) is 1. The quantitative estimate of drug-likeness (QED) is 0.371. The highest BCUT2D eigenvalue weighted by molar-refractivity contribution is 8.01. The summed E-state index contributed by atoms with van der Waals surface area (Å²) in [6, 6.07) is 4.32. The molecule has 1 saturated heterocycles. The Kier molecular flexibility index (Phi) is 7.28. The highest BCUT2D eigenvalue weighted by Gasteiger charge is 2.28. The smallest absolute Gasteiger partial charge is 0.261 e. The van der Waals surface area contributed by atoms with Crippen LogP contribution < -0.4 is 10.1 Å². The average molecular weight is 455 g/mol. The van der Waals surface area contributed by atoms with Gasteiger partial charge in [0, 0.05) is 18.8 Å². The second-order valence-corrected chi connectivity index (χ2v) is 10.4. The number of carbonyl (C=O) groups is 1. The average Bonchev–Trinajstić information content (AvgIpc) is 3.19. The van der Waals surface area contributed by atoms with Crippen LogP contribution in [-0.4, -0.2) is 54.8 Å². The summed E-state index contributed by atoms with van der Waals surface area (Å²) < 4.78 is 33.3. The van der Waals surface area contributed by atoms with Gasteiger partial charge in [-0.2, -0.15) is 4.31 Å². The minimum Gasteiger partial charge on any atom is -0.496 e. The Labute approximate surface area is 178 Å². The Morgan fingerprint density at radius 3 is 2.79 bits per heavy atom. The van der Waals surface area contributed by atoms with Crippen molar-refractivity contribution in [2.75, 3.05) is 31.3 Å². The first-order valence-electron chi connectivity index (χ1n) is 9.02. The molecule has 1 fully saturated rings. The predicted molar refractivity (Wildman–Crippen MR) is 114 cm³/mol. The highest BCUT2D eigenvalue weighted by Crippen LogP contribution is 2.29. The molecule has 156 valence electrons. The van der Waals surface area contributed by atoms with Gasteiger partial charge in [-0.3, -0.25) is 10.1 Å². The number of nitrogens with one attached hydrogen (secondary N) is 1. The van der Waals surface area contributed by atoms with E-state index in [0.29, 0.717) is 28.3 Å². The van der Waals surface area contributed by atoms with Gasteiger partial charge in [0.05, 0.1) is 17.6 Å². The topological polar surface area (TPSA) is 101 Å². The zero-order valence-electron chi connectivity index (χ0n) is 16.0. The highest BCUT2D eigenvalue weighted by atomic mass is 32.2. The third kappa shape index (κ3) is 5.16. The number of carbonyl (C=O) groups excluding carboxylic acids is 1. The van der Waals surface area contributed by atoms with E-state index in [1.165, 1.54) is 52.7 Å². The van der Waals surface area contributed by atoms with Crippen LogP contribution in [0.25, 0.3) is 0 Å². The molecule has 1 aliphatic heterocycles. The van der Waals surface area contributed by atoms with Crippen LogP contribution in [0, 0.1) is 0 Å². The summed E-state index contributed by atoms with van der Waals surface area (Å²) in [5, 5.41) is 10.9. The van der Waals surface area contributed by atoms with Crippen molar-refractivity contribution in [1.29, 1.82) is 0 Å². The third-order valence-corrected chi connectivity index (χ3v) is 8.18. The van der Waals surface area contributed by atoms with Gasteiger partial charge in [0.25, 0.3) is 5.91 Å². The molecule has 2 aromatic rings. The van der Waals surface area contributed by atoms with Crippen molar-refractivity contribution in [3.63, 3.8) is 0 Å². The van der Waals surface area contributed by atoms with Gasteiger partial charge >= 0.3 is 0 Å². The molecule has 0 spiro atoms. The number of aromatic nitrogens is 2.